The molecule has 3 aromatic rings. The highest BCUT2D eigenvalue weighted by Crippen LogP contribution is 2.33. The molecule has 0 aliphatic heterocycles. The van der Waals surface area contributed by atoms with Gasteiger partial charge in [-0.15, -0.1) is 5.10 Å². The maximum atomic E-state index is 13.1. The molecule has 136 valence electrons. The Morgan fingerprint density at radius 2 is 1.65 bits per heavy atom. The van der Waals surface area contributed by atoms with Gasteiger partial charge in [-0.3, -0.25) is 0 Å². The van der Waals surface area contributed by atoms with Crippen molar-refractivity contribution < 1.29 is 21.6 Å². The fraction of sp³-hybridized carbons (Fsp3) is 0.125. The van der Waals surface area contributed by atoms with Gasteiger partial charge in [0.15, 0.2) is 15.7 Å². The van der Waals surface area contributed by atoms with Crippen LogP contribution in [0.1, 0.15) is 5.82 Å². The maximum absolute atomic E-state index is 13.1. The third kappa shape index (κ3) is 3.65. The smallest absolute Gasteiger partial charge is 0.224 e. The van der Waals surface area contributed by atoms with Gasteiger partial charge in [0.05, 0.1) is 10.6 Å². The fourth-order valence-electron chi connectivity index (χ4n) is 2.26. The molecule has 1 aromatic heterocycles. The zero-order valence-corrected chi connectivity index (χ0v) is 15.6. The van der Waals surface area contributed by atoms with E-state index >= 15 is 0 Å². The summed E-state index contributed by atoms with van der Waals surface area (Å²) in [5.74, 6) is -1.30. The average Bonchev–Trinajstić information content (AvgIpc) is 3.00. The second-order valence-corrected chi connectivity index (χ2v) is 8.28. The van der Waals surface area contributed by atoms with Crippen LogP contribution in [0.25, 0.3) is 17.1 Å². The highest BCUT2D eigenvalue weighted by Gasteiger charge is 2.37. The van der Waals surface area contributed by atoms with Crippen LogP contribution in [0.2, 0.25) is 0 Å². The maximum Gasteiger partial charge on any atom is 0.453 e. The van der Waals surface area contributed by atoms with Crippen LogP contribution in [0, 0.1) is 0 Å². The molecule has 0 bridgehead atoms. The number of rotatable bonds is 3. The SMILES string of the molecule is CS(=O)(=O)c1ccc(-n2nc(C(F)(F)F)nc2-c2ccccc2Br)cc1. The number of sulfone groups is 1. The minimum atomic E-state index is -4.71. The number of alkyl halides is 3. The summed E-state index contributed by atoms with van der Waals surface area (Å²) in [5.41, 5.74) is 0.675. The van der Waals surface area contributed by atoms with Crippen molar-refractivity contribution in [1.82, 2.24) is 14.8 Å². The van der Waals surface area contributed by atoms with Crippen molar-refractivity contribution in [2.45, 2.75) is 11.1 Å². The highest BCUT2D eigenvalue weighted by atomic mass is 79.9. The topological polar surface area (TPSA) is 64.8 Å². The summed E-state index contributed by atoms with van der Waals surface area (Å²) < 4.78 is 64.0. The molecular formula is C16H11BrF3N3O2S. The van der Waals surface area contributed by atoms with E-state index in [1.165, 1.54) is 24.3 Å². The van der Waals surface area contributed by atoms with Gasteiger partial charge in [0.2, 0.25) is 0 Å². The molecule has 5 nitrogen and oxygen atoms in total. The van der Waals surface area contributed by atoms with Crippen molar-refractivity contribution >= 4 is 25.8 Å². The van der Waals surface area contributed by atoms with E-state index in [0.717, 1.165) is 10.9 Å². The predicted octanol–water partition coefficient (Wildman–Crippen LogP) is 4.12. The van der Waals surface area contributed by atoms with E-state index in [0.29, 0.717) is 10.0 Å². The lowest BCUT2D eigenvalue weighted by Gasteiger charge is -2.08. The van der Waals surface area contributed by atoms with Crippen molar-refractivity contribution in [3.05, 3.63) is 58.8 Å². The van der Waals surface area contributed by atoms with Gasteiger partial charge < -0.3 is 0 Å². The van der Waals surface area contributed by atoms with E-state index < -0.39 is 21.8 Å². The van der Waals surface area contributed by atoms with Gasteiger partial charge in [-0.05, 0) is 30.3 Å². The second kappa shape index (κ2) is 6.51. The molecule has 0 unspecified atom stereocenters. The van der Waals surface area contributed by atoms with Crippen molar-refractivity contribution in [2.75, 3.05) is 6.26 Å². The van der Waals surface area contributed by atoms with E-state index in [-0.39, 0.29) is 16.4 Å². The monoisotopic (exact) mass is 445 g/mol. The molecule has 0 spiro atoms. The molecule has 10 heteroatoms. The molecule has 0 aliphatic rings. The van der Waals surface area contributed by atoms with E-state index in [1.807, 2.05) is 0 Å². The Labute approximate surface area is 155 Å². The van der Waals surface area contributed by atoms with Crippen LogP contribution >= 0.6 is 15.9 Å². The Morgan fingerprint density at radius 3 is 2.19 bits per heavy atom. The summed E-state index contributed by atoms with van der Waals surface area (Å²) in [5, 5.41) is 3.57. The number of nitrogens with zero attached hydrogens (tertiary/aromatic N) is 3. The molecule has 0 atom stereocenters. The quantitative estimate of drug-likeness (QED) is 0.608. The minimum Gasteiger partial charge on any atom is -0.224 e. The zero-order valence-electron chi connectivity index (χ0n) is 13.2. The Balaban J connectivity index is 2.20. The molecule has 1 heterocycles. The number of benzene rings is 2. The molecular weight excluding hydrogens is 435 g/mol. The van der Waals surface area contributed by atoms with Crippen LogP contribution in [-0.2, 0) is 16.0 Å². The first kappa shape index (κ1) is 18.6. The van der Waals surface area contributed by atoms with Crippen LogP contribution in [0.15, 0.2) is 57.9 Å². The first-order valence-electron chi connectivity index (χ1n) is 7.17. The van der Waals surface area contributed by atoms with Gasteiger partial charge in [-0.25, -0.2) is 18.1 Å². The van der Waals surface area contributed by atoms with Crippen molar-refractivity contribution in [1.29, 1.82) is 0 Å². The van der Waals surface area contributed by atoms with Crippen LogP contribution in [0.3, 0.4) is 0 Å². The molecule has 2 aromatic carbocycles. The second-order valence-electron chi connectivity index (χ2n) is 5.41. The normalized spacial score (nSPS) is 12.3. The van der Waals surface area contributed by atoms with Gasteiger partial charge in [0.1, 0.15) is 0 Å². The van der Waals surface area contributed by atoms with Gasteiger partial charge in [-0.1, -0.05) is 34.1 Å². The number of halogens is 4. The molecule has 0 amide bonds. The summed E-state index contributed by atoms with van der Waals surface area (Å²) >= 11 is 3.30. The minimum absolute atomic E-state index is 0.0168. The lowest BCUT2D eigenvalue weighted by atomic mass is 10.2. The van der Waals surface area contributed by atoms with Crippen LogP contribution in [0.4, 0.5) is 13.2 Å². The van der Waals surface area contributed by atoms with Crippen molar-refractivity contribution in [2.24, 2.45) is 0 Å². The standard InChI is InChI=1S/C16H11BrF3N3O2S/c1-26(24,25)11-8-6-10(7-9-11)23-14(12-4-2-3-5-13(12)17)21-15(22-23)16(18,19)20/h2-9H,1H3. The number of hydrogen-bond donors (Lipinski definition) is 0. The molecule has 26 heavy (non-hydrogen) atoms. The van der Waals surface area contributed by atoms with Crippen molar-refractivity contribution in [3.63, 3.8) is 0 Å². The largest absolute Gasteiger partial charge is 0.453 e. The highest BCUT2D eigenvalue weighted by molar-refractivity contribution is 9.10. The lowest BCUT2D eigenvalue weighted by molar-refractivity contribution is -0.144. The zero-order chi connectivity index (χ0) is 19.1. The van der Waals surface area contributed by atoms with Crippen LogP contribution in [0.5, 0.6) is 0 Å². The van der Waals surface area contributed by atoms with Crippen molar-refractivity contribution in [3.8, 4) is 17.1 Å². The fourth-order valence-corrected chi connectivity index (χ4v) is 3.36. The molecule has 0 N–H and O–H groups in total. The molecule has 0 saturated heterocycles. The van der Waals surface area contributed by atoms with Gasteiger partial charge in [-0.2, -0.15) is 13.2 Å². The molecule has 0 fully saturated rings. The van der Waals surface area contributed by atoms with Crippen LogP contribution in [-0.4, -0.2) is 29.4 Å². The summed E-state index contributed by atoms with van der Waals surface area (Å²) in [4.78, 5) is 3.69. The van der Waals surface area contributed by atoms with E-state index in [1.54, 1.807) is 24.3 Å². The number of hydrogen-bond acceptors (Lipinski definition) is 4. The summed E-state index contributed by atoms with van der Waals surface area (Å²) in [6.07, 6.45) is -3.67. The Hall–Kier alpha value is -2.20. The van der Waals surface area contributed by atoms with Gasteiger partial charge >= 0.3 is 6.18 Å². The molecule has 0 radical (unpaired) electrons. The summed E-state index contributed by atoms with van der Waals surface area (Å²) in [6, 6.07) is 12.0. The van der Waals surface area contributed by atoms with Gasteiger partial charge in [0.25, 0.3) is 5.82 Å². The molecule has 0 aliphatic carbocycles. The van der Waals surface area contributed by atoms with E-state index in [4.69, 9.17) is 0 Å². The third-order valence-electron chi connectivity index (χ3n) is 3.48. The van der Waals surface area contributed by atoms with Crippen LogP contribution < -0.4 is 0 Å². The first-order valence-corrected chi connectivity index (χ1v) is 9.85. The average molecular weight is 446 g/mol. The third-order valence-corrected chi connectivity index (χ3v) is 5.30. The molecule has 3 rings (SSSR count). The summed E-state index contributed by atoms with van der Waals surface area (Å²) in [7, 11) is -3.42. The van der Waals surface area contributed by atoms with Gasteiger partial charge in [0, 0.05) is 16.3 Å². The predicted molar refractivity (Wildman–Crippen MR) is 92.6 cm³/mol. The van der Waals surface area contributed by atoms with E-state index in [9.17, 15) is 21.6 Å². The number of aromatic nitrogens is 3. The summed E-state index contributed by atoms with van der Waals surface area (Å²) in [6.45, 7) is 0. The molecule has 0 saturated carbocycles. The Bertz CT molecular complexity index is 1060. The van der Waals surface area contributed by atoms with E-state index in [2.05, 4.69) is 26.0 Å². The first-order chi connectivity index (χ1) is 12.1. The Morgan fingerprint density at radius 1 is 1.04 bits per heavy atom. The lowest BCUT2D eigenvalue weighted by Crippen LogP contribution is -2.08. The Kier molecular flexibility index (Phi) is 4.65.